The van der Waals surface area contributed by atoms with E-state index in [-0.39, 0.29) is 17.3 Å². The molecule has 176 valence electrons. The first kappa shape index (κ1) is 22.4. The molecule has 1 aromatic heterocycles. The van der Waals surface area contributed by atoms with E-state index in [1.54, 1.807) is 11.0 Å². The van der Waals surface area contributed by atoms with Gasteiger partial charge in [0, 0.05) is 24.7 Å². The zero-order valence-electron chi connectivity index (χ0n) is 19.6. The van der Waals surface area contributed by atoms with Crippen LogP contribution in [-0.2, 0) is 22.6 Å². The fourth-order valence-electron chi connectivity index (χ4n) is 5.48. The molecule has 0 unspecified atom stereocenters. The second-order valence-corrected chi connectivity index (χ2v) is 9.39. The summed E-state index contributed by atoms with van der Waals surface area (Å²) < 4.78 is 10.5. The Balaban J connectivity index is 1.21. The molecule has 5 rings (SSSR count). The molecule has 0 saturated carbocycles. The number of aromatic nitrogens is 1. The highest BCUT2D eigenvalue weighted by Crippen LogP contribution is 2.43. The van der Waals surface area contributed by atoms with Crippen LogP contribution in [0.15, 0.2) is 24.4 Å². The minimum atomic E-state index is -0.333. The Morgan fingerprint density at radius 3 is 2.71 bits per heavy atom. The Morgan fingerprint density at radius 2 is 1.97 bits per heavy atom. The minimum Gasteiger partial charge on any atom is -0.495 e. The third-order valence-electron chi connectivity index (χ3n) is 7.77. The summed E-state index contributed by atoms with van der Waals surface area (Å²) in [5, 5.41) is 9.19. The first-order chi connectivity index (χ1) is 16.5. The van der Waals surface area contributed by atoms with Crippen LogP contribution >= 0.6 is 0 Å². The molecule has 3 aliphatic rings. The van der Waals surface area contributed by atoms with Crippen LogP contribution in [0.1, 0.15) is 51.9 Å². The molecule has 8 heteroatoms. The number of piperidine rings is 1. The number of anilines is 1. The van der Waals surface area contributed by atoms with E-state index in [4.69, 9.17) is 9.47 Å². The number of esters is 1. The number of pyridine rings is 1. The van der Waals surface area contributed by atoms with E-state index in [2.05, 4.69) is 22.9 Å². The van der Waals surface area contributed by atoms with Crippen LogP contribution in [-0.4, -0.2) is 55.0 Å². The number of cyclic esters (lactones) is 1. The molecule has 8 nitrogen and oxygen atoms in total. The number of ether oxygens (including phenoxy) is 2. The summed E-state index contributed by atoms with van der Waals surface area (Å²) >= 11 is 0. The number of nitriles is 1. The molecule has 0 N–H and O–H groups in total. The van der Waals surface area contributed by atoms with Crippen LogP contribution in [0.2, 0.25) is 0 Å². The van der Waals surface area contributed by atoms with Crippen molar-refractivity contribution >= 4 is 17.7 Å². The van der Waals surface area contributed by atoms with Gasteiger partial charge in [0.25, 0.3) is 0 Å². The topological polar surface area (TPSA) is 95.8 Å². The second kappa shape index (κ2) is 8.73. The fraction of sp³-hybridized carbons (Fsp3) is 0.462. The van der Waals surface area contributed by atoms with E-state index in [0.29, 0.717) is 35.8 Å². The minimum absolute atomic E-state index is 0.130. The number of nitrogens with zero attached hydrogens (tertiary/aromatic N) is 4. The Labute approximate surface area is 199 Å². The van der Waals surface area contributed by atoms with Crippen LogP contribution in [0.5, 0.6) is 5.75 Å². The third kappa shape index (κ3) is 3.70. The van der Waals surface area contributed by atoms with E-state index in [1.807, 2.05) is 12.1 Å². The molecule has 3 aliphatic heterocycles. The van der Waals surface area contributed by atoms with Crippen molar-refractivity contribution in [2.24, 2.45) is 5.41 Å². The first-order valence-electron chi connectivity index (χ1n) is 11.7. The maximum absolute atomic E-state index is 13.4. The van der Waals surface area contributed by atoms with Gasteiger partial charge in [-0.2, -0.15) is 5.26 Å². The molecule has 1 aromatic carbocycles. The van der Waals surface area contributed by atoms with Gasteiger partial charge in [0.1, 0.15) is 29.8 Å². The van der Waals surface area contributed by atoms with Gasteiger partial charge in [-0.15, -0.1) is 0 Å². The van der Waals surface area contributed by atoms with Crippen LogP contribution in [0.3, 0.4) is 0 Å². The summed E-state index contributed by atoms with van der Waals surface area (Å²) in [6, 6.07) is 7.67. The SMILES string of the molecule is COc1cc(N2CCC3(CCN(CCc4ccc5c(c4C)COC5=O)CC3)C2=O)ncc1C#N. The Bertz CT molecular complexity index is 1190. The number of fused-ring (bicyclic) bond motifs is 1. The van der Waals surface area contributed by atoms with Crippen molar-refractivity contribution in [2.75, 3.05) is 38.2 Å². The lowest BCUT2D eigenvalue weighted by molar-refractivity contribution is -0.128. The molecule has 34 heavy (non-hydrogen) atoms. The molecule has 0 radical (unpaired) electrons. The predicted octanol–water partition coefficient (Wildman–Crippen LogP) is 3.00. The largest absolute Gasteiger partial charge is 0.495 e. The van der Waals surface area contributed by atoms with Gasteiger partial charge in [0.15, 0.2) is 0 Å². The fourth-order valence-corrected chi connectivity index (χ4v) is 5.48. The molecule has 4 heterocycles. The van der Waals surface area contributed by atoms with Crippen LogP contribution in [0, 0.1) is 23.7 Å². The van der Waals surface area contributed by atoms with Gasteiger partial charge in [0.05, 0.1) is 24.3 Å². The number of likely N-dealkylation sites (tertiary alicyclic amines) is 1. The van der Waals surface area contributed by atoms with Gasteiger partial charge < -0.3 is 14.4 Å². The zero-order chi connectivity index (χ0) is 23.9. The van der Waals surface area contributed by atoms with E-state index in [0.717, 1.165) is 56.4 Å². The maximum atomic E-state index is 13.4. The van der Waals surface area contributed by atoms with E-state index >= 15 is 0 Å². The van der Waals surface area contributed by atoms with Crippen LogP contribution in [0.25, 0.3) is 0 Å². The summed E-state index contributed by atoms with van der Waals surface area (Å²) in [5.41, 5.74) is 4.15. The van der Waals surface area contributed by atoms with E-state index in [9.17, 15) is 14.9 Å². The molecule has 0 atom stereocenters. The molecule has 2 fully saturated rings. The Morgan fingerprint density at radius 1 is 1.21 bits per heavy atom. The lowest BCUT2D eigenvalue weighted by atomic mass is 9.77. The standard InChI is InChI=1S/C26H28N4O4/c1-17-18(3-4-20-21(17)16-34-24(20)31)5-9-29-10-6-26(7-11-29)8-12-30(25(26)32)23-13-22(33-2)19(14-27)15-28-23/h3-4,13,15H,5-12,16H2,1-2H3. The van der Waals surface area contributed by atoms with Crippen molar-refractivity contribution in [1.29, 1.82) is 5.26 Å². The van der Waals surface area contributed by atoms with Gasteiger partial charge >= 0.3 is 5.97 Å². The number of rotatable bonds is 5. The van der Waals surface area contributed by atoms with Crippen molar-refractivity contribution in [2.45, 2.75) is 39.2 Å². The monoisotopic (exact) mass is 460 g/mol. The third-order valence-corrected chi connectivity index (χ3v) is 7.77. The van der Waals surface area contributed by atoms with Crippen molar-refractivity contribution in [1.82, 2.24) is 9.88 Å². The molecular weight excluding hydrogens is 432 g/mol. The average Bonchev–Trinajstić information content (AvgIpc) is 3.39. The summed E-state index contributed by atoms with van der Waals surface area (Å²) in [5.74, 6) is 0.894. The zero-order valence-corrected chi connectivity index (χ0v) is 19.6. The van der Waals surface area contributed by atoms with Crippen LogP contribution < -0.4 is 9.64 Å². The predicted molar refractivity (Wildman–Crippen MR) is 125 cm³/mol. The summed E-state index contributed by atoms with van der Waals surface area (Å²) in [4.78, 5) is 33.7. The second-order valence-electron chi connectivity index (χ2n) is 9.39. The van der Waals surface area contributed by atoms with E-state index < -0.39 is 0 Å². The number of benzene rings is 1. The summed E-state index contributed by atoms with van der Waals surface area (Å²) in [7, 11) is 1.51. The highest BCUT2D eigenvalue weighted by molar-refractivity contribution is 5.99. The summed E-state index contributed by atoms with van der Waals surface area (Å²) in [6.45, 7) is 5.77. The number of amides is 1. The van der Waals surface area contributed by atoms with Crippen molar-refractivity contribution in [3.05, 3.63) is 52.2 Å². The number of methoxy groups -OCH3 is 1. The number of carbonyl (C=O) groups is 2. The Kier molecular flexibility index (Phi) is 5.74. The lowest BCUT2D eigenvalue weighted by Gasteiger charge is -2.38. The molecular formula is C26H28N4O4. The lowest BCUT2D eigenvalue weighted by Crippen LogP contribution is -2.45. The molecule has 1 spiro atoms. The number of hydrogen-bond donors (Lipinski definition) is 0. The van der Waals surface area contributed by atoms with Gasteiger partial charge in [-0.1, -0.05) is 6.07 Å². The Hall–Kier alpha value is -3.44. The van der Waals surface area contributed by atoms with Gasteiger partial charge in [0.2, 0.25) is 5.91 Å². The average molecular weight is 461 g/mol. The smallest absolute Gasteiger partial charge is 0.338 e. The van der Waals surface area contributed by atoms with E-state index in [1.165, 1.54) is 18.9 Å². The summed E-state index contributed by atoms with van der Waals surface area (Å²) in [6.07, 6.45) is 4.87. The number of hydrogen-bond acceptors (Lipinski definition) is 7. The normalized spacial score (nSPS) is 19.3. The van der Waals surface area contributed by atoms with Crippen LogP contribution in [0.4, 0.5) is 5.82 Å². The first-order valence-corrected chi connectivity index (χ1v) is 11.7. The molecule has 2 aromatic rings. The highest BCUT2D eigenvalue weighted by atomic mass is 16.5. The molecule has 0 aliphatic carbocycles. The quantitative estimate of drug-likeness (QED) is 0.633. The van der Waals surface area contributed by atoms with Gasteiger partial charge in [-0.25, -0.2) is 9.78 Å². The molecule has 0 bridgehead atoms. The molecule has 2 saturated heterocycles. The maximum Gasteiger partial charge on any atom is 0.338 e. The van der Waals surface area contributed by atoms with Crippen molar-refractivity contribution in [3.8, 4) is 11.8 Å². The highest BCUT2D eigenvalue weighted by Gasteiger charge is 2.48. The van der Waals surface area contributed by atoms with Crippen molar-refractivity contribution < 1.29 is 19.1 Å². The van der Waals surface area contributed by atoms with Crippen molar-refractivity contribution in [3.63, 3.8) is 0 Å². The van der Waals surface area contributed by atoms with Gasteiger partial charge in [-0.05, 0) is 62.9 Å². The number of carbonyl (C=O) groups excluding carboxylic acids is 2. The van der Waals surface area contributed by atoms with Gasteiger partial charge in [-0.3, -0.25) is 9.69 Å². The molecule has 1 amide bonds.